The van der Waals surface area contributed by atoms with Crippen molar-refractivity contribution in [3.8, 4) is 5.75 Å². The number of aromatic hydroxyl groups is 1. The van der Waals surface area contributed by atoms with Crippen LogP contribution < -0.4 is 0 Å². The van der Waals surface area contributed by atoms with E-state index in [9.17, 15) is 5.11 Å². The van der Waals surface area contributed by atoms with E-state index < -0.39 is 4.87 Å². The standard InChI is InChI=1S/C15H23ClO/c1-13(2,3)15(16,14(4,5)6)11-7-9-12(17)10-8-11/h7-10,17H,1-6H3. The molecule has 0 atom stereocenters. The molecule has 2 heteroatoms. The second-order valence-corrected chi connectivity index (χ2v) is 7.27. The van der Waals surface area contributed by atoms with Crippen LogP contribution in [0.2, 0.25) is 0 Å². The largest absolute Gasteiger partial charge is 0.508 e. The lowest BCUT2D eigenvalue weighted by Gasteiger charge is -2.49. The normalized spacial score (nSPS) is 13.8. The lowest BCUT2D eigenvalue weighted by molar-refractivity contribution is 0.133. The van der Waals surface area contributed by atoms with Gasteiger partial charge in [0.1, 0.15) is 5.75 Å². The number of hydrogen-bond acceptors (Lipinski definition) is 1. The monoisotopic (exact) mass is 254 g/mol. The number of phenolic OH excluding ortho intramolecular Hbond substituents is 1. The van der Waals surface area contributed by atoms with Crippen molar-refractivity contribution in [2.24, 2.45) is 10.8 Å². The lowest BCUT2D eigenvalue weighted by atomic mass is 9.63. The van der Waals surface area contributed by atoms with E-state index >= 15 is 0 Å². The van der Waals surface area contributed by atoms with Crippen LogP contribution in [0.3, 0.4) is 0 Å². The Hall–Kier alpha value is -0.690. The van der Waals surface area contributed by atoms with Crippen LogP contribution in [0.25, 0.3) is 0 Å². The summed E-state index contributed by atoms with van der Waals surface area (Å²) in [6.45, 7) is 12.9. The molecular weight excluding hydrogens is 232 g/mol. The molecule has 0 saturated carbocycles. The number of hydrogen-bond donors (Lipinski definition) is 1. The molecular formula is C15H23ClO. The molecule has 1 aromatic rings. The first-order chi connectivity index (χ1) is 7.50. The fourth-order valence-electron chi connectivity index (χ4n) is 2.68. The molecule has 1 rings (SSSR count). The lowest BCUT2D eigenvalue weighted by Crippen LogP contribution is -2.45. The maximum atomic E-state index is 9.38. The highest BCUT2D eigenvalue weighted by Crippen LogP contribution is 2.56. The molecule has 0 amide bonds. The minimum atomic E-state index is -0.478. The predicted molar refractivity (Wildman–Crippen MR) is 74.5 cm³/mol. The first-order valence-corrected chi connectivity index (χ1v) is 6.36. The third-order valence-electron chi connectivity index (χ3n) is 3.33. The highest BCUT2D eigenvalue weighted by atomic mass is 35.5. The zero-order valence-corrected chi connectivity index (χ0v) is 12.4. The van der Waals surface area contributed by atoms with Crippen molar-refractivity contribution in [3.05, 3.63) is 29.8 Å². The van der Waals surface area contributed by atoms with Gasteiger partial charge in [0.05, 0.1) is 4.87 Å². The summed E-state index contributed by atoms with van der Waals surface area (Å²) in [4.78, 5) is -0.478. The summed E-state index contributed by atoms with van der Waals surface area (Å²) in [5.74, 6) is 0.274. The van der Waals surface area contributed by atoms with Crippen LogP contribution in [-0.2, 0) is 4.87 Å². The summed E-state index contributed by atoms with van der Waals surface area (Å²) in [5.41, 5.74) is 0.894. The fourth-order valence-corrected chi connectivity index (χ4v) is 2.81. The Bertz CT molecular complexity index is 365. The van der Waals surface area contributed by atoms with Crippen molar-refractivity contribution in [2.45, 2.75) is 46.4 Å². The van der Waals surface area contributed by atoms with Gasteiger partial charge in [0.15, 0.2) is 0 Å². The highest BCUT2D eigenvalue weighted by molar-refractivity contribution is 6.25. The molecule has 96 valence electrons. The second-order valence-electron chi connectivity index (χ2n) is 6.71. The molecule has 0 unspecified atom stereocenters. The Morgan fingerprint density at radius 2 is 1.18 bits per heavy atom. The highest BCUT2D eigenvalue weighted by Gasteiger charge is 2.50. The van der Waals surface area contributed by atoms with Gasteiger partial charge in [0, 0.05) is 0 Å². The van der Waals surface area contributed by atoms with Gasteiger partial charge in [-0.1, -0.05) is 53.7 Å². The molecule has 1 aromatic carbocycles. The van der Waals surface area contributed by atoms with Gasteiger partial charge in [0.2, 0.25) is 0 Å². The minimum absolute atomic E-state index is 0.0796. The maximum absolute atomic E-state index is 9.38. The Morgan fingerprint density at radius 1 is 0.824 bits per heavy atom. The van der Waals surface area contributed by atoms with E-state index in [1.165, 1.54) is 0 Å². The molecule has 0 aliphatic carbocycles. The van der Waals surface area contributed by atoms with Gasteiger partial charge in [-0.25, -0.2) is 0 Å². The van der Waals surface area contributed by atoms with Gasteiger partial charge in [-0.05, 0) is 28.5 Å². The Labute approximate surface area is 110 Å². The molecule has 0 radical (unpaired) electrons. The topological polar surface area (TPSA) is 20.2 Å². The number of halogens is 1. The molecule has 1 nitrogen and oxygen atoms in total. The quantitative estimate of drug-likeness (QED) is 0.706. The van der Waals surface area contributed by atoms with Crippen LogP contribution >= 0.6 is 11.6 Å². The van der Waals surface area contributed by atoms with Gasteiger partial charge >= 0.3 is 0 Å². The van der Waals surface area contributed by atoms with Gasteiger partial charge in [-0.2, -0.15) is 0 Å². The van der Waals surface area contributed by atoms with Crippen LogP contribution in [0.4, 0.5) is 0 Å². The van der Waals surface area contributed by atoms with E-state index in [0.717, 1.165) is 5.56 Å². The number of rotatable bonds is 1. The molecule has 0 aliphatic rings. The van der Waals surface area contributed by atoms with E-state index in [1.807, 2.05) is 12.1 Å². The van der Waals surface area contributed by atoms with Gasteiger partial charge in [0.25, 0.3) is 0 Å². The third kappa shape index (κ3) is 2.44. The number of benzene rings is 1. The average Bonchev–Trinajstić information content (AvgIpc) is 2.14. The zero-order chi connectivity index (χ0) is 13.5. The van der Waals surface area contributed by atoms with Gasteiger partial charge in [-0.3, -0.25) is 0 Å². The Morgan fingerprint density at radius 3 is 1.47 bits per heavy atom. The molecule has 17 heavy (non-hydrogen) atoms. The number of alkyl halides is 1. The number of phenols is 1. The van der Waals surface area contributed by atoms with Crippen molar-refractivity contribution in [1.29, 1.82) is 0 Å². The van der Waals surface area contributed by atoms with E-state index in [2.05, 4.69) is 41.5 Å². The summed E-state index contributed by atoms with van der Waals surface area (Å²) in [6.07, 6.45) is 0. The van der Waals surface area contributed by atoms with E-state index in [4.69, 9.17) is 11.6 Å². The predicted octanol–water partition coefficient (Wildman–Crippen LogP) is 4.92. The van der Waals surface area contributed by atoms with Crippen molar-refractivity contribution in [1.82, 2.24) is 0 Å². The third-order valence-corrected chi connectivity index (χ3v) is 4.68. The van der Waals surface area contributed by atoms with Crippen LogP contribution in [0.1, 0.15) is 47.1 Å². The zero-order valence-electron chi connectivity index (χ0n) is 11.6. The van der Waals surface area contributed by atoms with Gasteiger partial charge < -0.3 is 5.11 Å². The van der Waals surface area contributed by atoms with E-state index in [1.54, 1.807) is 12.1 Å². The maximum Gasteiger partial charge on any atom is 0.115 e. The van der Waals surface area contributed by atoms with Crippen LogP contribution in [-0.4, -0.2) is 5.11 Å². The first-order valence-electron chi connectivity index (χ1n) is 5.98. The summed E-state index contributed by atoms with van der Waals surface area (Å²) >= 11 is 6.99. The smallest absolute Gasteiger partial charge is 0.115 e. The van der Waals surface area contributed by atoms with Crippen molar-refractivity contribution >= 4 is 11.6 Å². The second kappa shape index (κ2) is 4.20. The molecule has 0 heterocycles. The molecule has 1 N–H and O–H groups in total. The Kier molecular flexibility index (Phi) is 3.55. The van der Waals surface area contributed by atoms with Crippen LogP contribution in [0, 0.1) is 10.8 Å². The molecule has 0 saturated heterocycles. The van der Waals surface area contributed by atoms with Crippen molar-refractivity contribution in [2.75, 3.05) is 0 Å². The van der Waals surface area contributed by atoms with Crippen molar-refractivity contribution in [3.63, 3.8) is 0 Å². The average molecular weight is 255 g/mol. The summed E-state index contributed by atoms with van der Waals surface area (Å²) in [6, 6.07) is 7.23. The van der Waals surface area contributed by atoms with Crippen LogP contribution in [0.15, 0.2) is 24.3 Å². The molecule has 0 aliphatic heterocycles. The van der Waals surface area contributed by atoms with Gasteiger partial charge in [-0.15, -0.1) is 11.6 Å². The summed E-state index contributed by atoms with van der Waals surface area (Å²) in [5, 5.41) is 9.38. The minimum Gasteiger partial charge on any atom is -0.508 e. The van der Waals surface area contributed by atoms with Crippen LogP contribution in [0.5, 0.6) is 5.75 Å². The van der Waals surface area contributed by atoms with E-state index in [-0.39, 0.29) is 16.6 Å². The fraction of sp³-hybridized carbons (Fsp3) is 0.600. The summed E-state index contributed by atoms with van der Waals surface area (Å²) < 4.78 is 0. The molecule has 0 fully saturated rings. The SMILES string of the molecule is CC(C)(C)C(Cl)(c1ccc(O)cc1)C(C)(C)C. The molecule has 0 spiro atoms. The Balaban J connectivity index is 3.41. The van der Waals surface area contributed by atoms with Crippen molar-refractivity contribution < 1.29 is 5.11 Å². The van der Waals surface area contributed by atoms with E-state index in [0.29, 0.717) is 0 Å². The summed E-state index contributed by atoms with van der Waals surface area (Å²) in [7, 11) is 0. The molecule has 0 aromatic heterocycles. The first kappa shape index (κ1) is 14.4. The molecule has 0 bridgehead atoms.